The molecule has 1 N–H and O–H groups in total. The van der Waals surface area contributed by atoms with Gasteiger partial charge in [-0.25, -0.2) is 0 Å². The van der Waals surface area contributed by atoms with Gasteiger partial charge in [0.05, 0.1) is 4.92 Å². The Hall–Kier alpha value is -2.44. The number of aliphatic carboxylic acids is 1. The van der Waals surface area contributed by atoms with Gasteiger partial charge < -0.3 is 10.0 Å². The number of nitro groups is 1. The van der Waals surface area contributed by atoms with E-state index in [9.17, 15) is 19.7 Å². The molecule has 1 amide bonds. The number of nitrogens with zero attached hydrogens (tertiary/aromatic N) is 2. The third kappa shape index (κ3) is 3.77. The second kappa shape index (κ2) is 6.34. The van der Waals surface area contributed by atoms with E-state index >= 15 is 0 Å². The van der Waals surface area contributed by atoms with Crippen molar-refractivity contribution < 1.29 is 19.6 Å². The van der Waals surface area contributed by atoms with Gasteiger partial charge in [-0.3, -0.25) is 19.7 Å². The van der Waals surface area contributed by atoms with E-state index in [1.54, 1.807) is 33.8 Å². The summed E-state index contributed by atoms with van der Waals surface area (Å²) in [5.41, 5.74) is 1.05. The van der Waals surface area contributed by atoms with E-state index in [-0.39, 0.29) is 17.3 Å². The van der Waals surface area contributed by atoms with E-state index in [1.165, 1.54) is 11.0 Å². The number of amides is 1. The fraction of sp³-hybridized carbons (Fsp3) is 0.429. The molecule has 0 aliphatic heterocycles. The normalized spacial score (nSPS) is 10.5. The van der Waals surface area contributed by atoms with Gasteiger partial charge in [-0.05, 0) is 39.3 Å². The number of benzene rings is 1. The molecule has 1 aromatic rings. The van der Waals surface area contributed by atoms with E-state index < -0.39 is 23.3 Å². The van der Waals surface area contributed by atoms with Crippen LogP contribution in [0.4, 0.5) is 5.69 Å². The summed E-state index contributed by atoms with van der Waals surface area (Å²) in [4.78, 5) is 34.9. The van der Waals surface area contributed by atoms with Gasteiger partial charge in [0.1, 0.15) is 6.54 Å². The van der Waals surface area contributed by atoms with Gasteiger partial charge in [0.15, 0.2) is 0 Å². The Bertz CT molecular complexity index is 595. The monoisotopic (exact) mass is 294 g/mol. The predicted molar refractivity (Wildman–Crippen MR) is 76.4 cm³/mol. The largest absolute Gasteiger partial charge is 0.480 e. The Kier molecular flexibility index (Phi) is 5.02. The molecule has 0 aliphatic carbocycles. The van der Waals surface area contributed by atoms with Crippen LogP contribution < -0.4 is 0 Å². The smallest absolute Gasteiger partial charge is 0.323 e. The Morgan fingerprint density at radius 3 is 2.29 bits per heavy atom. The minimum absolute atomic E-state index is 0.150. The van der Waals surface area contributed by atoms with Crippen molar-refractivity contribution in [1.29, 1.82) is 0 Å². The maximum Gasteiger partial charge on any atom is 0.323 e. The van der Waals surface area contributed by atoms with Gasteiger partial charge >= 0.3 is 5.97 Å². The lowest BCUT2D eigenvalue weighted by Gasteiger charge is -2.25. The predicted octanol–water partition coefficient (Wildman–Crippen LogP) is 2.15. The van der Waals surface area contributed by atoms with Crippen molar-refractivity contribution in [2.24, 2.45) is 0 Å². The van der Waals surface area contributed by atoms with Crippen molar-refractivity contribution >= 4 is 17.6 Å². The highest BCUT2D eigenvalue weighted by Gasteiger charge is 2.25. The molecule has 0 aliphatic rings. The van der Waals surface area contributed by atoms with Crippen molar-refractivity contribution in [2.75, 3.05) is 6.54 Å². The van der Waals surface area contributed by atoms with Crippen LogP contribution in [0.3, 0.4) is 0 Å². The summed E-state index contributed by atoms with van der Waals surface area (Å²) in [6.07, 6.45) is 0. The number of hydrogen-bond acceptors (Lipinski definition) is 4. The Morgan fingerprint density at radius 1 is 1.29 bits per heavy atom. The molecule has 0 aromatic heterocycles. The zero-order chi connectivity index (χ0) is 16.3. The first-order valence-electron chi connectivity index (χ1n) is 6.43. The minimum atomic E-state index is -1.13. The molecule has 21 heavy (non-hydrogen) atoms. The molecule has 0 saturated heterocycles. The van der Waals surface area contributed by atoms with Gasteiger partial charge in [-0.1, -0.05) is 0 Å². The van der Waals surface area contributed by atoms with Crippen LogP contribution in [0, 0.1) is 24.0 Å². The molecule has 0 atom stereocenters. The molecule has 0 fully saturated rings. The summed E-state index contributed by atoms with van der Waals surface area (Å²) >= 11 is 0. The van der Waals surface area contributed by atoms with Crippen LogP contribution in [0.5, 0.6) is 0 Å². The van der Waals surface area contributed by atoms with E-state index in [4.69, 9.17) is 5.11 Å². The summed E-state index contributed by atoms with van der Waals surface area (Å²) in [7, 11) is 0. The average Bonchev–Trinajstić information content (AvgIpc) is 2.34. The van der Waals surface area contributed by atoms with Crippen LogP contribution in [0.25, 0.3) is 0 Å². The van der Waals surface area contributed by atoms with Crippen LogP contribution in [-0.4, -0.2) is 39.4 Å². The van der Waals surface area contributed by atoms with Crippen LogP contribution in [0.15, 0.2) is 12.1 Å². The number of carboxylic acids is 1. The van der Waals surface area contributed by atoms with Gasteiger partial charge in [-0.2, -0.15) is 0 Å². The Labute approximate surface area is 122 Å². The van der Waals surface area contributed by atoms with Crippen LogP contribution in [0.1, 0.15) is 35.3 Å². The molecule has 1 rings (SSSR count). The number of carboxylic acid groups (broad SMARTS) is 1. The zero-order valence-corrected chi connectivity index (χ0v) is 12.4. The molecule has 0 unspecified atom stereocenters. The number of carbonyl (C=O) groups excluding carboxylic acids is 1. The quantitative estimate of drug-likeness (QED) is 0.662. The number of hydrogen-bond donors (Lipinski definition) is 1. The second-order valence-electron chi connectivity index (χ2n) is 5.13. The van der Waals surface area contributed by atoms with Crippen molar-refractivity contribution in [2.45, 2.75) is 33.7 Å². The first-order valence-corrected chi connectivity index (χ1v) is 6.43. The number of rotatable bonds is 5. The number of aryl methyl sites for hydroxylation is 2. The summed E-state index contributed by atoms with van der Waals surface area (Å²) < 4.78 is 0. The lowest BCUT2D eigenvalue weighted by atomic mass is 10.0. The summed E-state index contributed by atoms with van der Waals surface area (Å²) in [5, 5.41) is 19.9. The molecule has 1 aromatic carbocycles. The molecule has 0 saturated carbocycles. The van der Waals surface area contributed by atoms with E-state index in [0.717, 1.165) is 0 Å². The van der Waals surface area contributed by atoms with Crippen molar-refractivity contribution in [3.63, 3.8) is 0 Å². The second-order valence-corrected chi connectivity index (χ2v) is 5.13. The zero-order valence-electron chi connectivity index (χ0n) is 12.4. The lowest BCUT2D eigenvalue weighted by molar-refractivity contribution is -0.385. The summed E-state index contributed by atoms with van der Waals surface area (Å²) in [6.45, 7) is 6.20. The van der Waals surface area contributed by atoms with Crippen molar-refractivity contribution in [1.82, 2.24) is 4.90 Å². The molecular formula is C14H18N2O5. The average molecular weight is 294 g/mol. The van der Waals surface area contributed by atoms with Crippen molar-refractivity contribution in [3.8, 4) is 0 Å². The Morgan fingerprint density at radius 2 is 1.86 bits per heavy atom. The fourth-order valence-corrected chi connectivity index (χ4v) is 2.06. The fourth-order valence-electron chi connectivity index (χ4n) is 2.06. The minimum Gasteiger partial charge on any atom is -0.480 e. The van der Waals surface area contributed by atoms with Gasteiger partial charge in [0.25, 0.3) is 11.6 Å². The lowest BCUT2D eigenvalue weighted by Crippen LogP contribution is -2.41. The SMILES string of the molecule is Cc1cc(C)c([N+](=O)[O-])cc1C(=O)N(CC(=O)O)C(C)C. The summed E-state index contributed by atoms with van der Waals surface area (Å²) in [5.74, 6) is -1.65. The highest BCUT2D eigenvalue weighted by atomic mass is 16.6. The molecule has 0 heterocycles. The van der Waals surface area contributed by atoms with E-state index in [1.807, 2.05) is 0 Å². The molecular weight excluding hydrogens is 276 g/mol. The topological polar surface area (TPSA) is 101 Å². The van der Waals surface area contributed by atoms with Crippen LogP contribution in [0.2, 0.25) is 0 Å². The first-order chi connectivity index (χ1) is 9.65. The van der Waals surface area contributed by atoms with Crippen molar-refractivity contribution in [3.05, 3.63) is 38.9 Å². The third-order valence-corrected chi connectivity index (χ3v) is 3.16. The molecule has 7 nitrogen and oxygen atoms in total. The van der Waals surface area contributed by atoms with Gasteiger partial charge in [-0.15, -0.1) is 0 Å². The third-order valence-electron chi connectivity index (χ3n) is 3.16. The van der Waals surface area contributed by atoms with E-state index in [2.05, 4.69) is 0 Å². The summed E-state index contributed by atoms with van der Waals surface area (Å²) in [6, 6.07) is 2.45. The van der Waals surface area contributed by atoms with Gasteiger partial charge in [0.2, 0.25) is 0 Å². The molecule has 7 heteroatoms. The van der Waals surface area contributed by atoms with Crippen LogP contribution >= 0.6 is 0 Å². The number of nitro benzene ring substituents is 1. The maximum atomic E-state index is 12.5. The highest BCUT2D eigenvalue weighted by Crippen LogP contribution is 2.24. The first kappa shape index (κ1) is 16.6. The molecule has 0 radical (unpaired) electrons. The standard InChI is InChI=1S/C14H18N2O5/c1-8(2)15(7-13(17)18)14(19)11-6-12(16(20)21)10(4)5-9(11)3/h5-6,8H,7H2,1-4H3,(H,17,18). The highest BCUT2D eigenvalue weighted by molar-refractivity contribution is 5.98. The number of carbonyl (C=O) groups is 2. The maximum absolute atomic E-state index is 12.5. The van der Waals surface area contributed by atoms with Gasteiger partial charge in [0, 0.05) is 23.2 Å². The molecule has 0 spiro atoms. The molecule has 114 valence electrons. The van der Waals surface area contributed by atoms with Crippen LogP contribution in [-0.2, 0) is 4.79 Å². The van der Waals surface area contributed by atoms with E-state index in [0.29, 0.717) is 11.1 Å². The molecule has 0 bridgehead atoms. The Balaban J connectivity index is 3.30.